The Labute approximate surface area is 97.8 Å². The molecule has 0 atom stereocenters. The third-order valence-corrected chi connectivity index (χ3v) is 5.21. The minimum atomic E-state index is 0.159. The fourth-order valence-electron chi connectivity index (χ4n) is 0.950. The second kappa shape index (κ2) is 4.99. The molecule has 0 spiro atoms. The van der Waals surface area contributed by atoms with E-state index in [-0.39, 0.29) is 41.5 Å². The molecule has 1 N–H and O–H groups in total. The molecule has 2 rings (SSSR count). The van der Waals surface area contributed by atoms with Crippen molar-refractivity contribution in [2.45, 2.75) is 0 Å². The summed E-state index contributed by atoms with van der Waals surface area (Å²) in [6.45, 7) is 0. The highest BCUT2D eigenvalue weighted by Crippen LogP contribution is 2.14. The summed E-state index contributed by atoms with van der Waals surface area (Å²) < 4.78 is 9.14. The molecular formula is C10H9I2N. The van der Waals surface area contributed by atoms with Gasteiger partial charge in [0.05, 0.1) is 0 Å². The van der Waals surface area contributed by atoms with Crippen molar-refractivity contribution in [2.75, 3.05) is 0 Å². The van der Waals surface area contributed by atoms with Gasteiger partial charge >= 0.3 is 0 Å². The van der Waals surface area contributed by atoms with Crippen molar-refractivity contribution in [3.05, 3.63) is 43.9 Å². The zero-order valence-electron chi connectivity index (χ0n) is 6.87. The summed E-state index contributed by atoms with van der Waals surface area (Å²) in [5, 5.41) is 3.42. The van der Waals surface area contributed by atoms with Gasteiger partial charge in [-0.2, -0.15) is 0 Å². The van der Waals surface area contributed by atoms with E-state index in [1.165, 1.54) is 11.4 Å². The average Bonchev–Trinajstić information content (AvgIpc) is 2.21. The van der Waals surface area contributed by atoms with Crippen LogP contribution >= 0.6 is 41.5 Å². The van der Waals surface area contributed by atoms with Gasteiger partial charge in [0.1, 0.15) is 0 Å². The number of hydrogen-bond donors (Lipinski definition) is 1. The highest BCUT2D eigenvalue weighted by atomic mass is 127. The zero-order chi connectivity index (χ0) is 8.93. The summed E-state index contributed by atoms with van der Waals surface area (Å²) >= 11 is 0.318. The van der Waals surface area contributed by atoms with Crippen LogP contribution in [0.4, 0.5) is 0 Å². The largest absolute Gasteiger partial charge is 0.355 e. The Bertz CT molecular complexity index is 334. The molecule has 2 aliphatic heterocycles. The topological polar surface area (TPSA) is 12.0 Å². The van der Waals surface area contributed by atoms with E-state index in [1.54, 1.807) is 0 Å². The van der Waals surface area contributed by atoms with Gasteiger partial charge in [0.25, 0.3) is 0 Å². The number of rotatable bonds is 2. The highest BCUT2D eigenvalue weighted by molar-refractivity contribution is 14.2. The highest BCUT2D eigenvalue weighted by Gasteiger charge is 1.96. The summed E-state index contributed by atoms with van der Waals surface area (Å²) in [4.78, 5) is 0. The average molecular weight is 397 g/mol. The standard InChI is InChI=1S/C10H9I2N/c1-3-9(7-11-5-1)13-10-4-2-6-12-8-10/h1-8,13H. The fourth-order valence-corrected chi connectivity index (χ4v) is 3.76. The lowest BCUT2D eigenvalue weighted by Crippen LogP contribution is -2.09. The first kappa shape index (κ1) is 9.51. The van der Waals surface area contributed by atoms with Gasteiger partial charge in [0.15, 0.2) is 0 Å². The zero-order valence-corrected chi connectivity index (χ0v) is 11.2. The van der Waals surface area contributed by atoms with Gasteiger partial charge in [-0.1, -0.05) is 53.6 Å². The van der Waals surface area contributed by atoms with Crippen LogP contribution in [0.15, 0.2) is 43.9 Å². The lowest BCUT2D eigenvalue weighted by Gasteiger charge is -2.09. The molecule has 1 nitrogen and oxygen atoms in total. The number of allylic oxidation sites excluding steroid dienone is 4. The molecule has 2 aliphatic rings. The van der Waals surface area contributed by atoms with Crippen molar-refractivity contribution in [3.8, 4) is 0 Å². The third-order valence-electron chi connectivity index (χ3n) is 1.49. The third kappa shape index (κ3) is 2.98. The van der Waals surface area contributed by atoms with Crippen molar-refractivity contribution in [2.24, 2.45) is 0 Å². The number of hydrogen-bond acceptors (Lipinski definition) is 1. The molecular weight excluding hydrogens is 388 g/mol. The minimum Gasteiger partial charge on any atom is -0.355 e. The molecule has 0 aromatic rings. The van der Waals surface area contributed by atoms with Crippen molar-refractivity contribution < 1.29 is 0 Å². The van der Waals surface area contributed by atoms with E-state index in [4.69, 9.17) is 0 Å². The normalized spacial score (nSPS) is 19.7. The van der Waals surface area contributed by atoms with E-state index < -0.39 is 0 Å². The summed E-state index contributed by atoms with van der Waals surface area (Å²) in [6, 6.07) is 0. The van der Waals surface area contributed by atoms with Gasteiger partial charge in [0.2, 0.25) is 0 Å². The first-order valence-electron chi connectivity index (χ1n) is 3.86. The summed E-state index contributed by atoms with van der Waals surface area (Å²) in [6.07, 6.45) is 8.55. The summed E-state index contributed by atoms with van der Waals surface area (Å²) in [7, 11) is 0. The van der Waals surface area contributed by atoms with Gasteiger partial charge in [-0.05, 0) is 28.3 Å². The Morgan fingerprint density at radius 3 is 1.77 bits per heavy atom. The van der Waals surface area contributed by atoms with Crippen LogP contribution in [0.1, 0.15) is 0 Å². The maximum absolute atomic E-state index is 3.42. The van der Waals surface area contributed by atoms with Crippen molar-refractivity contribution in [3.63, 3.8) is 0 Å². The van der Waals surface area contributed by atoms with Gasteiger partial charge in [-0.25, -0.2) is 0 Å². The van der Waals surface area contributed by atoms with Crippen molar-refractivity contribution in [1.82, 2.24) is 5.32 Å². The quantitative estimate of drug-likeness (QED) is 0.707. The van der Waals surface area contributed by atoms with E-state index in [2.05, 4.69) is 45.8 Å². The van der Waals surface area contributed by atoms with Crippen LogP contribution in [0.5, 0.6) is 0 Å². The van der Waals surface area contributed by atoms with Crippen molar-refractivity contribution in [1.29, 1.82) is 0 Å². The Morgan fingerprint density at radius 1 is 0.846 bits per heavy atom. The maximum atomic E-state index is 3.42. The maximum Gasteiger partial charge on any atom is 0.0442 e. The lowest BCUT2D eigenvalue weighted by molar-refractivity contribution is 1.06. The van der Waals surface area contributed by atoms with Crippen LogP contribution in [0.3, 0.4) is 0 Å². The predicted octanol–water partition coefficient (Wildman–Crippen LogP) is 2.94. The molecule has 0 aromatic heterocycles. The molecule has 0 saturated heterocycles. The summed E-state index contributed by atoms with van der Waals surface area (Å²) in [5.41, 5.74) is 2.52. The van der Waals surface area contributed by atoms with Crippen LogP contribution < -0.4 is 5.32 Å². The van der Waals surface area contributed by atoms with Gasteiger partial charge in [-0.15, -0.1) is 0 Å². The van der Waals surface area contributed by atoms with Crippen LogP contribution in [0, 0.1) is 0 Å². The monoisotopic (exact) mass is 397 g/mol. The number of nitrogens with one attached hydrogen (secondary N) is 1. The molecule has 0 fully saturated rings. The van der Waals surface area contributed by atoms with Gasteiger partial charge in [0, 0.05) is 11.4 Å². The van der Waals surface area contributed by atoms with Gasteiger partial charge < -0.3 is 5.32 Å². The molecule has 13 heavy (non-hydrogen) atoms. The Kier molecular flexibility index (Phi) is 3.65. The predicted molar refractivity (Wildman–Crippen MR) is 77.7 cm³/mol. The molecule has 2 heterocycles. The van der Waals surface area contributed by atoms with Crippen LogP contribution in [0.25, 0.3) is 0 Å². The number of halogens is 2. The van der Waals surface area contributed by atoms with Crippen LogP contribution in [-0.4, -0.2) is 8.02 Å². The van der Waals surface area contributed by atoms with E-state index in [9.17, 15) is 0 Å². The molecule has 0 saturated carbocycles. The second-order valence-electron chi connectivity index (χ2n) is 2.48. The first-order chi connectivity index (χ1) is 6.45. The molecule has 0 radical (unpaired) electrons. The molecule has 68 valence electrons. The molecule has 0 aromatic carbocycles. The van der Waals surface area contributed by atoms with Gasteiger partial charge in [-0.3, -0.25) is 0 Å². The molecule has 0 bridgehead atoms. The fraction of sp³-hybridized carbons (Fsp3) is 0. The summed E-state index contributed by atoms with van der Waals surface area (Å²) in [5.74, 6) is 0. The lowest BCUT2D eigenvalue weighted by atomic mass is 10.3. The molecule has 0 amide bonds. The second-order valence-corrected chi connectivity index (χ2v) is 6.60. The van der Waals surface area contributed by atoms with E-state index >= 15 is 0 Å². The van der Waals surface area contributed by atoms with Crippen LogP contribution in [-0.2, 0) is 0 Å². The molecule has 3 heteroatoms. The molecule has 0 unspecified atom stereocenters. The Balaban J connectivity index is 2.06. The van der Waals surface area contributed by atoms with Crippen LogP contribution in [0.2, 0.25) is 0 Å². The smallest absolute Gasteiger partial charge is 0.0442 e. The van der Waals surface area contributed by atoms with E-state index in [0.717, 1.165) is 0 Å². The Hall–Kier alpha value is -0.0400. The molecule has 0 aliphatic carbocycles. The first-order valence-corrected chi connectivity index (χ1v) is 8.84. The van der Waals surface area contributed by atoms with E-state index in [0.29, 0.717) is 0 Å². The SMILES string of the molecule is C1=CC(NC2=CI=CC=C2)=CI=C1. The Morgan fingerprint density at radius 2 is 1.38 bits per heavy atom. The minimum absolute atomic E-state index is 0.159. The van der Waals surface area contributed by atoms with Crippen molar-refractivity contribution >= 4 is 49.5 Å². The van der Waals surface area contributed by atoms with E-state index in [1.807, 2.05) is 0 Å².